The van der Waals surface area contributed by atoms with Gasteiger partial charge >= 0.3 is 5.97 Å². The van der Waals surface area contributed by atoms with Crippen molar-refractivity contribution >= 4 is 11.9 Å². The first-order valence-electron chi connectivity index (χ1n) is 8.51. The first-order chi connectivity index (χ1) is 10.9. The Morgan fingerprint density at radius 3 is 2.35 bits per heavy atom. The van der Waals surface area contributed by atoms with Gasteiger partial charge in [-0.05, 0) is 48.6 Å². The number of benzene rings is 1. The summed E-state index contributed by atoms with van der Waals surface area (Å²) >= 11 is 0. The van der Waals surface area contributed by atoms with Gasteiger partial charge in [0.25, 0.3) is 0 Å². The quantitative estimate of drug-likeness (QED) is 0.898. The highest BCUT2D eigenvalue weighted by Gasteiger charge is 2.38. The fraction of sp³-hybridized carbons (Fsp3) is 0.579. The summed E-state index contributed by atoms with van der Waals surface area (Å²) in [5.74, 6) is -0.951. The number of amides is 1. The molecule has 1 atom stereocenters. The smallest absolute Gasteiger partial charge is 0.306 e. The zero-order chi connectivity index (χ0) is 16.6. The van der Waals surface area contributed by atoms with Gasteiger partial charge in [-0.3, -0.25) is 9.59 Å². The van der Waals surface area contributed by atoms with E-state index >= 15 is 0 Å². The predicted octanol–water partition coefficient (Wildman–Crippen LogP) is 3.42. The van der Waals surface area contributed by atoms with E-state index in [1.807, 2.05) is 6.07 Å². The number of carboxylic acid groups (broad SMARTS) is 1. The van der Waals surface area contributed by atoms with E-state index in [9.17, 15) is 9.59 Å². The third kappa shape index (κ3) is 3.12. The lowest BCUT2D eigenvalue weighted by molar-refractivity contribution is -0.144. The monoisotopic (exact) mass is 315 g/mol. The first kappa shape index (κ1) is 16.0. The van der Waals surface area contributed by atoms with Gasteiger partial charge in [0.15, 0.2) is 0 Å². The molecule has 4 nitrogen and oxygen atoms in total. The third-order valence-corrected chi connectivity index (χ3v) is 5.54. The molecule has 1 saturated carbocycles. The second-order valence-electron chi connectivity index (χ2n) is 7.62. The van der Waals surface area contributed by atoms with Gasteiger partial charge in [0.05, 0.1) is 12.0 Å². The molecule has 2 N–H and O–H groups in total. The van der Waals surface area contributed by atoms with Crippen LogP contribution in [0.2, 0.25) is 0 Å². The second-order valence-corrected chi connectivity index (χ2v) is 7.62. The highest BCUT2D eigenvalue weighted by atomic mass is 16.4. The van der Waals surface area contributed by atoms with Crippen molar-refractivity contribution < 1.29 is 14.7 Å². The van der Waals surface area contributed by atoms with Crippen LogP contribution in [0.1, 0.15) is 63.1 Å². The second kappa shape index (κ2) is 5.99. The Hall–Kier alpha value is -1.84. The number of carbonyl (C=O) groups excluding carboxylic acids is 1. The third-order valence-electron chi connectivity index (χ3n) is 5.54. The van der Waals surface area contributed by atoms with Crippen LogP contribution in [-0.2, 0) is 15.0 Å². The normalized spacial score (nSPS) is 28.9. The molecule has 1 fully saturated rings. The Labute approximate surface area is 137 Å². The molecule has 0 bridgehead atoms. The number of carboxylic acids is 1. The van der Waals surface area contributed by atoms with Crippen LogP contribution in [0.3, 0.4) is 0 Å². The molecule has 0 heterocycles. The van der Waals surface area contributed by atoms with Crippen molar-refractivity contribution in [3.05, 3.63) is 35.4 Å². The minimum absolute atomic E-state index is 0.0403. The maximum absolute atomic E-state index is 12.6. The van der Waals surface area contributed by atoms with Crippen LogP contribution in [0.25, 0.3) is 0 Å². The number of aliphatic carboxylic acids is 1. The molecule has 0 aromatic heterocycles. The Bertz CT molecular complexity index is 615. The van der Waals surface area contributed by atoms with Gasteiger partial charge in [0.2, 0.25) is 5.91 Å². The Morgan fingerprint density at radius 2 is 1.70 bits per heavy atom. The summed E-state index contributed by atoms with van der Waals surface area (Å²) in [5, 5.41) is 12.3. The molecule has 0 radical (unpaired) electrons. The van der Waals surface area contributed by atoms with E-state index in [2.05, 4.69) is 37.4 Å². The van der Waals surface area contributed by atoms with Crippen molar-refractivity contribution in [2.75, 3.05) is 0 Å². The Kier molecular flexibility index (Phi) is 4.17. The summed E-state index contributed by atoms with van der Waals surface area (Å²) in [4.78, 5) is 23.6. The highest BCUT2D eigenvalue weighted by molar-refractivity contribution is 5.80. The molecule has 124 valence electrons. The average molecular weight is 315 g/mol. The Morgan fingerprint density at radius 1 is 1.09 bits per heavy atom. The fourth-order valence-electron chi connectivity index (χ4n) is 4.17. The summed E-state index contributed by atoms with van der Waals surface area (Å²) in [6, 6.07) is 8.41. The zero-order valence-electron chi connectivity index (χ0n) is 13.8. The van der Waals surface area contributed by atoms with Crippen molar-refractivity contribution in [2.45, 2.75) is 57.4 Å². The van der Waals surface area contributed by atoms with Gasteiger partial charge in [-0.25, -0.2) is 0 Å². The van der Waals surface area contributed by atoms with Crippen molar-refractivity contribution in [2.24, 2.45) is 11.8 Å². The van der Waals surface area contributed by atoms with Crippen molar-refractivity contribution in [3.8, 4) is 0 Å². The standard InChI is InChI=1S/C19H25NO3/c1-19(2)11-16(14-5-3-4-6-15(14)19)20-17(21)12-7-9-13(10-8-12)18(22)23/h3-6,12-13,16H,7-11H2,1-2H3,(H,20,21)(H,22,23). The van der Waals surface area contributed by atoms with E-state index in [1.54, 1.807) is 0 Å². The zero-order valence-corrected chi connectivity index (χ0v) is 13.8. The van der Waals surface area contributed by atoms with Crippen molar-refractivity contribution in [1.29, 1.82) is 0 Å². The topological polar surface area (TPSA) is 66.4 Å². The van der Waals surface area contributed by atoms with E-state index in [4.69, 9.17) is 5.11 Å². The van der Waals surface area contributed by atoms with Gasteiger partial charge in [-0.2, -0.15) is 0 Å². The van der Waals surface area contributed by atoms with Crippen LogP contribution in [0, 0.1) is 11.8 Å². The molecule has 0 aliphatic heterocycles. The largest absolute Gasteiger partial charge is 0.481 e. The van der Waals surface area contributed by atoms with Gasteiger partial charge in [0, 0.05) is 5.92 Å². The number of nitrogens with one attached hydrogen (secondary N) is 1. The first-order valence-corrected chi connectivity index (χ1v) is 8.51. The van der Waals surface area contributed by atoms with Gasteiger partial charge in [-0.1, -0.05) is 38.1 Å². The van der Waals surface area contributed by atoms with E-state index in [1.165, 1.54) is 11.1 Å². The molecule has 2 aliphatic rings. The molecule has 3 rings (SSSR count). The van der Waals surface area contributed by atoms with Crippen molar-refractivity contribution in [3.63, 3.8) is 0 Å². The number of carbonyl (C=O) groups is 2. The van der Waals surface area contributed by atoms with Crippen molar-refractivity contribution in [1.82, 2.24) is 5.32 Å². The maximum Gasteiger partial charge on any atom is 0.306 e. The SMILES string of the molecule is CC1(C)CC(NC(=O)C2CCC(C(=O)O)CC2)c2ccccc21. The molecule has 1 amide bonds. The van der Waals surface area contributed by atoms with Crippen LogP contribution in [0.5, 0.6) is 0 Å². The molecular weight excluding hydrogens is 290 g/mol. The van der Waals surface area contributed by atoms with E-state index in [0.717, 1.165) is 6.42 Å². The van der Waals surface area contributed by atoms with Gasteiger partial charge in [0.1, 0.15) is 0 Å². The lowest BCUT2D eigenvalue weighted by Gasteiger charge is -2.27. The minimum atomic E-state index is -0.727. The molecule has 1 aromatic carbocycles. The maximum atomic E-state index is 12.6. The highest BCUT2D eigenvalue weighted by Crippen LogP contribution is 2.44. The lowest BCUT2D eigenvalue weighted by Crippen LogP contribution is -2.36. The van der Waals surface area contributed by atoms with E-state index < -0.39 is 5.97 Å². The van der Waals surface area contributed by atoms with Crippen LogP contribution in [0.15, 0.2) is 24.3 Å². The number of fused-ring (bicyclic) bond motifs is 1. The molecule has 23 heavy (non-hydrogen) atoms. The number of hydrogen-bond acceptors (Lipinski definition) is 2. The molecule has 4 heteroatoms. The Balaban J connectivity index is 1.65. The van der Waals surface area contributed by atoms with Crippen LogP contribution in [0.4, 0.5) is 0 Å². The molecular formula is C19H25NO3. The summed E-state index contributed by atoms with van der Waals surface area (Å²) in [6.07, 6.45) is 3.50. The number of hydrogen-bond donors (Lipinski definition) is 2. The molecule has 1 aromatic rings. The van der Waals surface area contributed by atoms with Crippen LogP contribution >= 0.6 is 0 Å². The van der Waals surface area contributed by atoms with Gasteiger partial charge < -0.3 is 10.4 Å². The van der Waals surface area contributed by atoms with E-state index in [0.29, 0.717) is 25.7 Å². The fourth-order valence-corrected chi connectivity index (χ4v) is 4.17. The molecule has 0 spiro atoms. The molecule has 2 aliphatic carbocycles. The summed E-state index contributed by atoms with van der Waals surface area (Å²) in [5.41, 5.74) is 2.63. The summed E-state index contributed by atoms with van der Waals surface area (Å²) < 4.78 is 0. The van der Waals surface area contributed by atoms with E-state index in [-0.39, 0.29) is 29.2 Å². The molecule has 1 unspecified atom stereocenters. The predicted molar refractivity (Wildman–Crippen MR) is 88.1 cm³/mol. The molecule has 0 saturated heterocycles. The summed E-state index contributed by atoms with van der Waals surface area (Å²) in [6.45, 7) is 4.44. The number of rotatable bonds is 3. The minimum Gasteiger partial charge on any atom is -0.481 e. The lowest BCUT2D eigenvalue weighted by atomic mass is 9.81. The summed E-state index contributed by atoms with van der Waals surface area (Å²) in [7, 11) is 0. The average Bonchev–Trinajstić information content (AvgIpc) is 2.79. The van der Waals surface area contributed by atoms with Crippen LogP contribution in [-0.4, -0.2) is 17.0 Å². The van der Waals surface area contributed by atoms with Gasteiger partial charge in [-0.15, -0.1) is 0 Å². The van der Waals surface area contributed by atoms with Crippen LogP contribution < -0.4 is 5.32 Å².